The molecule has 8 heteroatoms. The summed E-state index contributed by atoms with van der Waals surface area (Å²) in [5.74, 6) is 0.0874. The van der Waals surface area contributed by atoms with Gasteiger partial charge in [0.1, 0.15) is 11.6 Å². The molecule has 164 valence electrons. The first kappa shape index (κ1) is 24.5. The van der Waals surface area contributed by atoms with E-state index < -0.39 is 0 Å². The monoisotopic (exact) mass is 530 g/mol. The summed E-state index contributed by atoms with van der Waals surface area (Å²) in [4.78, 5) is 6.79. The maximum absolute atomic E-state index is 13.9. The molecule has 2 N–H and O–H groups in total. The molecule has 1 heterocycles. The zero-order chi connectivity index (χ0) is 20.5. The summed E-state index contributed by atoms with van der Waals surface area (Å²) in [6.07, 6.45) is 0. The maximum atomic E-state index is 13.9. The van der Waals surface area contributed by atoms with E-state index in [0.29, 0.717) is 37.8 Å². The van der Waals surface area contributed by atoms with Crippen LogP contribution in [0.1, 0.15) is 24.1 Å². The molecule has 1 unspecified atom stereocenters. The van der Waals surface area contributed by atoms with E-state index in [1.165, 1.54) is 12.1 Å². The molecule has 2 aromatic rings. The van der Waals surface area contributed by atoms with Crippen molar-refractivity contribution in [1.82, 2.24) is 15.5 Å². The van der Waals surface area contributed by atoms with Crippen LogP contribution in [0.2, 0.25) is 0 Å². The minimum atomic E-state index is -0.266. The van der Waals surface area contributed by atoms with Crippen molar-refractivity contribution < 1.29 is 13.5 Å². The van der Waals surface area contributed by atoms with Crippen molar-refractivity contribution in [2.24, 2.45) is 4.99 Å². The molecule has 1 aliphatic rings. The lowest BCUT2D eigenvalue weighted by Gasteiger charge is -2.35. The van der Waals surface area contributed by atoms with E-state index >= 15 is 0 Å². The average molecular weight is 530 g/mol. The zero-order valence-corrected chi connectivity index (χ0v) is 19.4. The van der Waals surface area contributed by atoms with E-state index in [9.17, 15) is 8.78 Å². The van der Waals surface area contributed by atoms with Crippen molar-refractivity contribution in [2.45, 2.75) is 19.5 Å². The lowest BCUT2D eigenvalue weighted by atomic mass is 10.0. The van der Waals surface area contributed by atoms with E-state index in [0.717, 1.165) is 18.7 Å². The van der Waals surface area contributed by atoms with Gasteiger partial charge in [0, 0.05) is 31.7 Å². The zero-order valence-electron chi connectivity index (χ0n) is 17.1. The number of nitrogens with zero attached hydrogens (tertiary/aromatic N) is 2. The van der Waals surface area contributed by atoms with Gasteiger partial charge in [-0.2, -0.15) is 0 Å². The molecule has 1 saturated heterocycles. The Hall–Kier alpha value is -1.78. The predicted octanol–water partition coefficient (Wildman–Crippen LogP) is 3.71. The fourth-order valence-corrected chi connectivity index (χ4v) is 3.39. The number of hydrogen-bond donors (Lipinski definition) is 2. The Morgan fingerprint density at radius 3 is 2.57 bits per heavy atom. The third-order valence-corrected chi connectivity index (χ3v) is 4.89. The third-order valence-electron chi connectivity index (χ3n) is 4.89. The van der Waals surface area contributed by atoms with E-state index in [-0.39, 0.29) is 48.2 Å². The number of nitrogens with one attached hydrogen (secondary N) is 2. The van der Waals surface area contributed by atoms with Crippen LogP contribution in [0.3, 0.4) is 0 Å². The number of morpholine rings is 1. The Balaban J connectivity index is 0.00000320. The molecule has 2 aromatic carbocycles. The first-order valence-corrected chi connectivity index (χ1v) is 10.00. The van der Waals surface area contributed by atoms with Gasteiger partial charge in [0.15, 0.2) is 5.96 Å². The van der Waals surface area contributed by atoms with Crippen LogP contribution >= 0.6 is 24.0 Å². The summed E-state index contributed by atoms with van der Waals surface area (Å²) in [6.45, 7) is 6.34. The van der Waals surface area contributed by atoms with Gasteiger partial charge in [0.25, 0.3) is 0 Å². The van der Waals surface area contributed by atoms with Gasteiger partial charge in [-0.15, -0.1) is 24.0 Å². The highest BCUT2D eigenvalue weighted by molar-refractivity contribution is 14.0. The second kappa shape index (κ2) is 12.8. The van der Waals surface area contributed by atoms with Crippen LogP contribution in [0, 0.1) is 11.6 Å². The minimum Gasteiger partial charge on any atom is -0.379 e. The van der Waals surface area contributed by atoms with E-state index in [1.54, 1.807) is 30.3 Å². The molecule has 3 rings (SSSR count). The quantitative estimate of drug-likeness (QED) is 0.326. The number of benzene rings is 2. The first-order valence-electron chi connectivity index (χ1n) is 10.00. The maximum Gasteiger partial charge on any atom is 0.191 e. The summed E-state index contributed by atoms with van der Waals surface area (Å²) in [6, 6.07) is 13.3. The van der Waals surface area contributed by atoms with Gasteiger partial charge in [0.05, 0.1) is 25.8 Å². The highest BCUT2D eigenvalue weighted by atomic mass is 127. The normalized spacial score (nSPS) is 15.9. The number of hydrogen-bond acceptors (Lipinski definition) is 3. The fourth-order valence-electron chi connectivity index (χ4n) is 3.39. The topological polar surface area (TPSA) is 48.9 Å². The van der Waals surface area contributed by atoms with Crippen LogP contribution < -0.4 is 10.6 Å². The molecular weight excluding hydrogens is 501 g/mol. The minimum absolute atomic E-state index is 0. The Labute approximate surface area is 193 Å². The van der Waals surface area contributed by atoms with Crippen LogP contribution in [0.5, 0.6) is 0 Å². The van der Waals surface area contributed by atoms with Gasteiger partial charge >= 0.3 is 0 Å². The van der Waals surface area contributed by atoms with Crippen molar-refractivity contribution in [3.05, 3.63) is 71.3 Å². The lowest BCUT2D eigenvalue weighted by Crippen LogP contribution is -2.46. The molecule has 0 spiro atoms. The molecule has 30 heavy (non-hydrogen) atoms. The molecule has 0 amide bonds. The highest BCUT2D eigenvalue weighted by Gasteiger charge is 2.23. The van der Waals surface area contributed by atoms with Crippen molar-refractivity contribution in [3.8, 4) is 0 Å². The summed E-state index contributed by atoms with van der Waals surface area (Å²) in [7, 11) is 0. The van der Waals surface area contributed by atoms with E-state index in [1.807, 2.05) is 13.0 Å². The summed E-state index contributed by atoms with van der Waals surface area (Å²) >= 11 is 0. The molecule has 0 bridgehead atoms. The number of guanidine groups is 1. The smallest absolute Gasteiger partial charge is 0.191 e. The van der Waals surface area contributed by atoms with E-state index in [2.05, 4.69) is 20.5 Å². The third kappa shape index (κ3) is 7.17. The predicted molar refractivity (Wildman–Crippen MR) is 126 cm³/mol. The fraction of sp³-hybridized carbons (Fsp3) is 0.409. The Kier molecular flexibility index (Phi) is 10.5. The summed E-state index contributed by atoms with van der Waals surface area (Å²) in [5, 5.41) is 6.53. The van der Waals surface area contributed by atoms with Crippen LogP contribution in [0.4, 0.5) is 8.78 Å². The van der Waals surface area contributed by atoms with Gasteiger partial charge in [0.2, 0.25) is 0 Å². The summed E-state index contributed by atoms with van der Waals surface area (Å²) < 4.78 is 33.2. The van der Waals surface area contributed by atoms with Gasteiger partial charge in [-0.1, -0.05) is 30.3 Å². The number of halogens is 3. The van der Waals surface area contributed by atoms with Crippen LogP contribution in [-0.2, 0) is 11.3 Å². The van der Waals surface area contributed by atoms with E-state index in [4.69, 9.17) is 4.74 Å². The molecule has 0 aromatic heterocycles. The molecule has 0 radical (unpaired) electrons. The number of ether oxygens (including phenoxy) is 1. The number of aliphatic imine (C=N–C) groups is 1. The number of rotatable bonds is 7. The molecule has 1 aliphatic heterocycles. The second-order valence-electron chi connectivity index (χ2n) is 6.89. The molecule has 0 aliphatic carbocycles. The molecule has 1 atom stereocenters. The molecule has 0 saturated carbocycles. The van der Waals surface area contributed by atoms with Gasteiger partial charge in [-0.05, 0) is 30.7 Å². The molecule has 1 fully saturated rings. The van der Waals surface area contributed by atoms with Crippen LogP contribution in [0.25, 0.3) is 0 Å². The Bertz CT molecular complexity index is 815. The molecule has 5 nitrogen and oxygen atoms in total. The van der Waals surface area contributed by atoms with Gasteiger partial charge in [-0.25, -0.2) is 13.8 Å². The second-order valence-corrected chi connectivity index (χ2v) is 6.89. The summed E-state index contributed by atoms with van der Waals surface area (Å²) in [5.41, 5.74) is 1.45. The van der Waals surface area contributed by atoms with Crippen molar-refractivity contribution in [3.63, 3.8) is 0 Å². The van der Waals surface area contributed by atoms with Crippen molar-refractivity contribution in [2.75, 3.05) is 39.4 Å². The first-order chi connectivity index (χ1) is 14.2. The largest absolute Gasteiger partial charge is 0.379 e. The van der Waals surface area contributed by atoms with Crippen molar-refractivity contribution >= 4 is 29.9 Å². The van der Waals surface area contributed by atoms with Crippen LogP contribution in [0.15, 0.2) is 53.5 Å². The van der Waals surface area contributed by atoms with Gasteiger partial charge < -0.3 is 15.4 Å². The average Bonchev–Trinajstić information content (AvgIpc) is 2.74. The molecular formula is C22H29F2IN4O. The lowest BCUT2D eigenvalue weighted by molar-refractivity contribution is 0.0169. The highest BCUT2D eigenvalue weighted by Crippen LogP contribution is 2.22. The SMILES string of the molecule is CCNC(=NCc1ccccc1F)NCC(c1cccc(F)c1)N1CCOCC1.I. The standard InChI is InChI=1S/C22H28F2N4O.HI/c1-2-25-22(26-15-18-6-3-4-9-20(18)24)27-16-21(28-10-12-29-13-11-28)17-7-5-8-19(23)14-17;/h3-9,14,21H,2,10-13,15-16H2,1H3,(H2,25,26,27);1H. The van der Waals surface area contributed by atoms with Crippen LogP contribution in [-0.4, -0.2) is 50.3 Å². The van der Waals surface area contributed by atoms with Crippen molar-refractivity contribution in [1.29, 1.82) is 0 Å². The Morgan fingerprint density at radius 2 is 1.87 bits per heavy atom. The Morgan fingerprint density at radius 1 is 1.10 bits per heavy atom. The van der Waals surface area contributed by atoms with Gasteiger partial charge in [-0.3, -0.25) is 4.90 Å².